The number of carbonyl (C=O) groups is 2. The summed E-state index contributed by atoms with van der Waals surface area (Å²) < 4.78 is 11.2. The fourth-order valence-electron chi connectivity index (χ4n) is 5.46. The Morgan fingerprint density at radius 1 is 1.17 bits per heavy atom. The third-order valence-electron chi connectivity index (χ3n) is 7.44. The van der Waals surface area contributed by atoms with Crippen molar-refractivity contribution in [1.29, 1.82) is 0 Å². The third kappa shape index (κ3) is 4.88. The molecule has 0 aromatic heterocycles. The summed E-state index contributed by atoms with van der Waals surface area (Å²) in [4.78, 5) is 31.3. The van der Waals surface area contributed by atoms with Crippen molar-refractivity contribution in [2.75, 3.05) is 53.0 Å². The van der Waals surface area contributed by atoms with E-state index in [0.29, 0.717) is 38.9 Å². The van der Waals surface area contributed by atoms with Crippen LogP contribution >= 0.6 is 0 Å². The molecule has 3 aliphatic heterocycles. The second kappa shape index (κ2) is 9.21. The number of hydrogen-bond acceptors (Lipinski definition) is 5. The van der Waals surface area contributed by atoms with Gasteiger partial charge in [-0.25, -0.2) is 4.79 Å². The zero-order valence-corrected chi connectivity index (χ0v) is 17.9. The molecule has 1 aliphatic carbocycles. The lowest BCUT2D eigenvalue weighted by Crippen LogP contribution is -2.50. The van der Waals surface area contributed by atoms with Crippen LogP contribution < -0.4 is 0 Å². The summed E-state index contributed by atoms with van der Waals surface area (Å²) in [6.45, 7) is 5.08. The molecule has 0 radical (unpaired) electrons. The van der Waals surface area contributed by atoms with Gasteiger partial charge in [0.15, 0.2) is 0 Å². The van der Waals surface area contributed by atoms with Gasteiger partial charge in [-0.3, -0.25) is 4.79 Å². The van der Waals surface area contributed by atoms with Crippen molar-refractivity contribution in [3.05, 3.63) is 0 Å². The molecule has 4 aliphatic rings. The van der Waals surface area contributed by atoms with Crippen LogP contribution in [0.5, 0.6) is 0 Å². The van der Waals surface area contributed by atoms with Crippen LogP contribution in [0.25, 0.3) is 0 Å². The Bertz CT molecular complexity index is 579. The number of ether oxygens (including phenoxy) is 2. The number of likely N-dealkylation sites (tertiary alicyclic amines) is 1. The van der Waals surface area contributed by atoms with Gasteiger partial charge in [-0.2, -0.15) is 0 Å². The molecule has 1 spiro atoms. The standard InChI is InChI=1S/C22H37N3O4/c1-23(19-6-3-2-4-7-19)11-5-12-25-17-22(29-21(25)27)9-13-24(14-10-22)20(26)18-8-15-28-16-18/h18-19H,2-17H2,1H3. The van der Waals surface area contributed by atoms with E-state index in [-0.39, 0.29) is 17.9 Å². The lowest BCUT2D eigenvalue weighted by molar-refractivity contribution is -0.138. The molecule has 4 fully saturated rings. The van der Waals surface area contributed by atoms with Crippen molar-refractivity contribution in [2.45, 2.75) is 69.4 Å². The van der Waals surface area contributed by atoms with Gasteiger partial charge < -0.3 is 24.2 Å². The van der Waals surface area contributed by atoms with Crippen molar-refractivity contribution in [3.8, 4) is 0 Å². The number of amides is 2. The van der Waals surface area contributed by atoms with Crippen molar-refractivity contribution in [3.63, 3.8) is 0 Å². The summed E-state index contributed by atoms with van der Waals surface area (Å²) in [7, 11) is 2.22. The first kappa shape index (κ1) is 20.9. The summed E-state index contributed by atoms with van der Waals surface area (Å²) >= 11 is 0. The maximum Gasteiger partial charge on any atom is 0.410 e. The van der Waals surface area contributed by atoms with Gasteiger partial charge in [0.1, 0.15) is 5.60 Å². The molecule has 2 amide bonds. The highest BCUT2D eigenvalue weighted by Gasteiger charge is 2.47. The maximum absolute atomic E-state index is 12.6. The minimum atomic E-state index is -0.394. The summed E-state index contributed by atoms with van der Waals surface area (Å²) in [6.07, 6.45) is 9.85. The Balaban J connectivity index is 1.20. The topological polar surface area (TPSA) is 62.3 Å². The van der Waals surface area contributed by atoms with Crippen molar-refractivity contribution in [2.24, 2.45) is 5.92 Å². The molecule has 3 heterocycles. The molecule has 0 N–H and O–H groups in total. The Morgan fingerprint density at radius 2 is 1.93 bits per heavy atom. The van der Waals surface area contributed by atoms with E-state index in [2.05, 4.69) is 11.9 Å². The van der Waals surface area contributed by atoms with Crippen LogP contribution in [0.2, 0.25) is 0 Å². The van der Waals surface area contributed by atoms with Crippen molar-refractivity contribution < 1.29 is 19.1 Å². The molecular formula is C22H37N3O4. The molecule has 164 valence electrons. The second-order valence-corrected chi connectivity index (χ2v) is 9.48. The van der Waals surface area contributed by atoms with Gasteiger partial charge in [-0.15, -0.1) is 0 Å². The summed E-state index contributed by atoms with van der Waals surface area (Å²) in [5.41, 5.74) is -0.394. The van der Waals surface area contributed by atoms with E-state index >= 15 is 0 Å². The predicted molar refractivity (Wildman–Crippen MR) is 110 cm³/mol. The molecule has 1 unspecified atom stereocenters. The average Bonchev–Trinajstić information content (AvgIpc) is 3.38. The summed E-state index contributed by atoms with van der Waals surface area (Å²) in [5, 5.41) is 0. The molecular weight excluding hydrogens is 370 g/mol. The van der Waals surface area contributed by atoms with Gasteiger partial charge in [-0.1, -0.05) is 19.3 Å². The van der Waals surface area contributed by atoms with Crippen LogP contribution in [-0.2, 0) is 14.3 Å². The van der Waals surface area contributed by atoms with Crippen LogP contribution in [-0.4, -0.2) is 91.3 Å². The van der Waals surface area contributed by atoms with Gasteiger partial charge >= 0.3 is 6.09 Å². The fraction of sp³-hybridized carbons (Fsp3) is 0.909. The van der Waals surface area contributed by atoms with Gasteiger partial charge in [0, 0.05) is 45.1 Å². The van der Waals surface area contributed by atoms with E-state index in [1.165, 1.54) is 32.1 Å². The smallest absolute Gasteiger partial charge is 0.410 e. The zero-order chi connectivity index (χ0) is 20.3. The van der Waals surface area contributed by atoms with Gasteiger partial charge in [-0.05, 0) is 39.3 Å². The summed E-state index contributed by atoms with van der Waals surface area (Å²) in [5.74, 6) is 0.233. The SMILES string of the molecule is CN(CCCN1CC2(CCN(C(=O)C3CCOC3)CC2)OC1=O)C1CCCCC1. The van der Waals surface area contributed by atoms with Crippen LogP contribution in [0.1, 0.15) is 57.8 Å². The minimum absolute atomic E-state index is 0.0211. The average molecular weight is 408 g/mol. The highest BCUT2D eigenvalue weighted by atomic mass is 16.6. The van der Waals surface area contributed by atoms with E-state index in [0.717, 1.165) is 38.8 Å². The van der Waals surface area contributed by atoms with Crippen LogP contribution in [0.4, 0.5) is 4.79 Å². The van der Waals surface area contributed by atoms with E-state index in [1.807, 2.05) is 9.80 Å². The molecule has 0 bridgehead atoms. The lowest BCUT2D eigenvalue weighted by Gasteiger charge is -2.38. The largest absolute Gasteiger partial charge is 0.441 e. The number of hydrogen-bond donors (Lipinski definition) is 0. The highest BCUT2D eigenvalue weighted by molar-refractivity contribution is 5.79. The Kier molecular flexibility index (Phi) is 6.64. The first-order valence-corrected chi connectivity index (χ1v) is 11.6. The number of nitrogens with zero attached hydrogens (tertiary/aromatic N) is 3. The number of carbonyl (C=O) groups excluding carboxylic acids is 2. The van der Waals surface area contributed by atoms with Crippen LogP contribution in [0.15, 0.2) is 0 Å². The highest BCUT2D eigenvalue weighted by Crippen LogP contribution is 2.34. The number of rotatable bonds is 6. The van der Waals surface area contributed by atoms with Gasteiger partial charge in [0.25, 0.3) is 0 Å². The molecule has 1 saturated carbocycles. The first-order chi connectivity index (χ1) is 14.1. The Labute approximate surface area is 174 Å². The Morgan fingerprint density at radius 3 is 2.62 bits per heavy atom. The maximum atomic E-state index is 12.6. The lowest BCUT2D eigenvalue weighted by atomic mass is 9.90. The third-order valence-corrected chi connectivity index (χ3v) is 7.44. The van der Waals surface area contributed by atoms with E-state index in [1.54, 1.807) is 0 Å². The van der Waals surface area contributed by atoms with E-state index < -0.39 is 5.60 Å². The molecule has 4 rings (SSSR count). The normalized spacial score (nSPS) is 27.8. The Hall–Kier alpha value is -1.34. The molecule has 29 heavy (non-hydrogen) atoms. The molecule has 1 atom stereocenters. The van der Waals surface area contributed by atoms with Crippen molar-refractivity contribution in [1.82, 2.24) is 14.7 Å². The molecule has 7 nitrogen and oxygen atoms in total. The first-order valence-electron chi connectivity index (χ1n) is 11.6. The molecule has 7 heteroatoms. The van der Waals surface area contributed by atoms with Gasteiger partial charge in [0.2, 0.25) is 5.91 Å². The van der Waals surface area contributed by atoms with Crippen LogP contribution in [0.3, 0.4) is 0 Å². The predicted octanol–water partition coefficient (Wildman–Crippen LogP) is 2.49. The fourth-order valence-corrected chi connectivity index (χ4v) is 5.46. The van der Waals surface area contributed by atoms with E-state index in [9.17, 15) is 9.59 Å². The molecule has 0 aromatic carbocycles. The zero-order valence-electron chi connectivity index (χ0n) is 17.9. The van der Waals surface area contributed by atoms with Crippen molar-refractivity contribution >= 4 is 12.0 Å². The number of piperidine rings is 1. The van der Waals surface area contributed by atoms with Crippen LogP contribution in [0, 0.1) is 5.92 Å². The molecule has 0 aromatic rings. The minimum Gasteiger partial charge on any atom is -0.441 e. The molecule has 3 saturated heterocycles. The summed E-state index contributed by atoms with van der Waals surface area (Å²) in [6, 6.07) is 0.716. The quantitative estimate of drug-likeness (QED) is 0.677. The second-order valence-electron chi connectivity index (χ2n) is 9.48. The van der Waals surface area contributed by atoms with E-state index in [4.69, 9.17) is 9.47 Å². The monoisotopic (exact) mass is 407 g/mol. The van der Waals surface area contributed by atoms with Gasteiger partial charge in [0.05, 0.1) is 19.1 Å².